The molecule has 0 spiro atoms. The number of piperidine rings is 1. The van der Waals surface area contributed by atoms with Gasteiger partial charge in [-0.2, -0.15) is 5.10 Å². The molecule has 1 aromatic rings. The number of H-pyrrole nitrogens is 1. The molecule has 0 bridgehead atoms. The minimum absolute atomic E-state index is 0.286. The van der Waals surface area contributed by atoms with Crippen molar-refractivity contribution in [2.24, 2.45) is 0 Å². The number of rotatable bonds is 6. The number of nitrogens with one attached hydrogen (secondary N) is 2. The third kappa shape index (κ3) is 4.30. The Kier molecular flexibility index (Phi) is 5.36. The number of aromatic amines is 1. The summed E-state index contributed by atoms with van der Waals surface area (Å²) in [5, 5.41) is 20.5. The molecule has 0 aromatic carbocycles. The van der Waals surface area contributed by atoms with Crippen molar-refractivity contribution in [3.05, 3.63) is 17.0 Å². The molecule has 0 radical (unpaired) electrons. The molecule has 3 N–H and O–H groups in total. The molecule has 0 saturated carbocycles. The molecule has 1 aliphatic rings. The van der Waals surface area contributed by atoms with Crippen LogP contribution in [-0.2, 0) is 6.54 Å². The van der Waals surface area contributed by atoms with E-state index in [9.17, 15) is 5.11 Å². The summed E-state index contributed by atoms with van der Waals surface area (Å²) in [6, 6.07) is 0. The molecule has 2 rings (SSSR count). The van der Waals surface area contributed by atoms with Crippen LogP contribution in [0.5, 0.6) is 0 Å². The van der Waals surface area contributed by atoms with E-state index in [0.717, 1.165) is 37.6 Å². The first-order valence-corrected chi connectivity index (χ1v) is 7.28. The van der Waals surface area contributed by atoms with E-state index < -0.39 is 0 Å². The molecule has 1 fully saturated rings. The fraction of sp³-hybridized carbons (Fsp3) is 0.786. The van der Waals surface area contributed by atoms with E-state index in [1.807, 2.05) is 13.8 Å². The second-order valence-corrected chi connectivity index (χ2v) is 5.56. The van der Waals surface area contributed by atoms with Gasteiger partial charge in [0.2, 0.25) is 0 Å². The fourth-order valence-electron chi connectivity index (χ4n) is 2.70. The third-order valence-electron chi connectivity index (χ3n) is 3.88. The number of nitrogens with zero attached hydrogens (tertiary/aromatic N) is 2. The summed E-state index contributed by atoms with van der Waals surface area (Å²) in [5.41, 5.74) is 3.36. The maximum absolute atomic E-state index is 10.0. The van der Waals surface area contributed by atoms with Gasteiger partial charge < -0.3 is 15.3 Å². The number of aliphatic hydroxyl groups excluding tert-OH is 1. The molecule has 19 heavy (non-hydrogen) atoms. The molecule has 1 atom stereocenters. The van der Waals surface area contributed by atoms with Gasteiger partial charge in [0.1, 0.15) is 0 Å². The van der Waals surface area contributed by atoms with Crippen molar-refractivity contribution in [2.45, 2.75) is 45.8 Å². The quantitative estimate of drug-likeness (QED) is 0.718. The van der Waals surface area contributed by atoms with Crippen LogP contribution < -0.4 is 5.32 Å². The highest BCUT2D eigenvalue weighted by molar-refractivity contribution is 5.22. The lowest BCUT2D eigenvalue weighted by molar-refractivity contribution is 0.1000. The van der Waals surface area contributed by atoms with Crippen molar-refractivity contribution in [3.63, 3.8) is 0 Å². The number of hydrogen-bond acceptors (Lipinski definition) is 4. The molecule has 0 amide bonds. The van der Waals surface area contributed by atoms with Crippen LogP contribution in [0.25, 0.3) is 0 Å². The molecule has 1 aliphatic heterocycles. The minimum atomic E-state index is -0.286. The van der Waals surface area contributed by atoms with E-state index >= 15 is 0 Å². The maximum atomic E-state index is 10.0. The van der Waals surface area contributed by atoms with Crippen molar-refractivity contribution in [2.75, 3.05) is 26.2 Å². The second kappa shape index (κ2) is 7.03. The normalized spacial score (nSPS) is 18.7. The van der Waals surface area contributed by atoms with Gasteiger partial charge in [-0.05, 0) is 39.8 Å². The number of aliphatic hydroxyl groups is 1. The van der Waals surface area contributed by atoms with Crippen LogP contribution in [-0.4, -0.2) is 52.5 Å². The summed E-state index contributed by atoms with van der Waals surface area (Å²) in [6.07, 6.45) is 3.59. The van der Waals surface area contributed by atoms with E-state index in [4.69, 9.17) is 0 Å². The van der Waals surface area contributed by atoms with Crippen LogP contribution >= 0.6 is 0 Å². The largest absolute Gasteiger partial charge is 0.390 e. The van der Waals surface area contributed by atoms with Crippen molar-refractivity contribution in [1.82, 2.24) is 20.4 Å². The Morgan fingerprint density at radius 1 is 1.32 bits per heavy atom. The zero-order chi connectivity index (χ0) is 13.7. The Morgan fingerprint density at radius 2 is 2.05 bits per heavy atom. The zero-order valence-electron chi connectivity index (χ0n) is 12.1. The van der Waals surface area contributed by atoms with Gasteiger partial charge >= 0.3 is 0 Å². The average molecular weight is 266 g/mol. The Morgan fingerprint density at radius 3 is 2.68 bits per heavy atom. The van der Waals surface area contributed by atoms with E-state index in [-0.39, 0.29) is 6.10 Å². The van der Waals surface area contributed by atoms with Gasteiger partial charge in [-0.25, -0.2) is 0 Å². The highest BCUT2D eigenvalue weighted by atomic mass is 16.3. The summed E-state index contributed by atoms with van der Waals surface area (Å²) >= 11 is 0. The summed E-state index contributed by atoms with van der Waals surface area (Å²) < 4.78 is 0. The molecule has 108 valence electrons. The predicted octanol–water partition coefficient (Wildman–Crippen LogP) is 0.963. The molecule has 0 unspecified atom stereocenters. The van der Waals surface area contributed by atoms with Crippen LogP contribution in [0, 0.1) is 13.8 Å². The third-order valence-corrected chi connectivity index (χ3v) is 3.88. The van der Waals surface area contributed by atoms with Crippen molar-refractivity contribution >= 4 is 0 Å². The van der Waals surface area contributed by atoms with E-state index in [0.29, 0.717) is 6.54 Å². The first-order chi connectivity index (χ1) is 9.16. The Balaban J connectivity index is 1.67. The SMILES string of the molecule is Cc1n[nH]c(C)c1CNC[C@H](O)CN1CCCCC1. The Hall–Kier alpha value is -0.910. The average Bonchev–Trinajstić information content (AvgIpc) is 2.71. The number of β-amino-alcohol motifs (C(OH)–C–C–N with tert-alkyl or cyclic N) is 1. The van der Waals surface area contributed by atoms with Crippen LogP contribution in [0.15, 0.2) is 0 Å². The smallest absolute Gasteiger partial charge is 0.0791 e. The monoisotopic (exact) mass is 266 g/mol. The van der Waals surface area contributed by atoms with Gasteiger partial charge in [-0.1, -0.05) is 6.42 Å². The van der Waals surface area contributed by atoms with Gasteiger partial charge in [0.05, 0.1) is 11.8 Å². The topological polar surface area (TPSA) is 64.2 Å². The van der Waals surface area contributed by atoms with Gasteiger partial charge in [-0.3, -0.25) is 5.10 Å². The minimum Gasteiger partial charge on any atom is -0.390 e. The lowest BCUT2D eigenvalue weighted by atomic mass is 10.1. The molecule has 0 aliphatic carbocycles. The van der Waals surface area contributed by atoms with Crippen molar-refractivity contribution in [3.8, 4) is 0 Å². The molecule has 2 heterocycles. The van der Waals surface area contributed by atoms with Crippen molar-refractivity contribution in [1.29, 1.82) is 0 Å². The second-order valence-electron chi connectivity index (χ2n) is 5.56. The van der Waals surface area contributed by atoms with Crippen LogP contribution in [0.2, 0.25) is 0 Å². The van der Waals surface area contributed by atoms with Gasteiger partial charge in [0.25, 0.3) is 0 Å². The first kappa shape index (κ1) is 14.5. The van der Waals surface area contributed by atoms with E-state index in [1.54, 1.807) is 0 Å². The number of hydrogen-bond donors (Lipinski definition) is 3. The van der Waals surface area contributed by atoms with Crippen LogP contribution in [0.1, 0.15) is 36.2 Å². The summed E-state index contributed by atoms with van der Waals surface area (Å²) in [5.74, 6) is 0. The highest BCUT2D eigenvalue weighted by Gasteiger charge is 2.14. The van der Waals surface area contributed by atoms with E-state index in [2.05, 4.69) is 20.4 Å². The summed E-state index contributed by atoms with van der Waals surface area (Å²) in [7, 11) is 0. The molecule has 5 nitrogen and oxygen atoms in total. The number of likely N-dealkylation sites (tertiary alicyclic amines) is 1. The number of aryl methyl sites for hydroxylation is 2. The molecule has 1 aromatic heterocycles. The van der Waals surface area contributed by atoms with Crippen LogP contribution in [0.3, 0.4) is 0 Å². The zero-order valence-corrected chi connectivity index (χ0v) is 12.1. The standard InChI is InChI=1S/C14H26N4O/c1-11-14(12(2)17-16-11)9-15-8-13(19)10-18-6-4-3-5-7-18/h13,15,19H,3-10H2,1-2H3,(H,16,17)/t13-/m0/s1. The van der Waals surface area contributed by atoms with Crippen LogP contribution in [0.4, 0.5) is 0 Å². The van der Waals surface area contributed by atoms with Crippen molar-refractivity contribution < 1.29 is 5.11 Å². The van der Waals surface area contributed by atoms with Gasteiger partial charge in [0, 0.05) is 30.9 Å². The van der Waals surface area contributed by atoms with E-state index in [1.165, 1.54) is 24.8 Å². The highest BCUT2D eigenvalue weighted by Crippen LogP contribution is 2.10. The fourth-order valence-corrected chi connectivity index (χ4v) is 2.70. The molecule has 5 heteroatoms. The molecular formula is C14H26N4O. The van der Waals surface area contributed by atoms with Gasteiger partial charge in [-0.15, -0.1) is 0 Å². The Labute approximate surface area is 115 Å². The lowest BCUT2D eigenvalue weighted by Gasteiger charge is -2.28. The predicted molar refractivity (Wildman–Crippen MR) is 76.1 cm³/mol. The Bertz CT molecular complexity index is 365. The molecule has 1 saturated heterocycles. The lowest BCUT2D eigenvalue weighted by Crippen LogP contribution is -2.40. The summed E-state index contributed by atoms with van der Waals surface area (Å²) in [4.78, 5) is 2.37. The first-order valence-electron chi connectivity index (χ1n) is 7.28. The maximum Gasteiger partial charge on any atom is 0.0791 e. The molecular weight excluding hydrogens is 240 g/mol. The summed E-state index contributed by atoms with van der Waals surface area (Å²) in [6.45, 7) is 8.50. The van der Waals surface area contributed by atoms with Gasteiger partial charge in [0.15, 0.2) is 0 Å². The number of aromatic nitrogens is 2.